The number of hydrogen-bond acceptors (Lipinski definition) is 5. The largest absolute Gasteiger partial charge is 0.493 e. The van der Waals surface area contributed by atoms with Crippen LogP contribution in [0.15, 0.2) is 49.1 Å². The minimum atomic E-state index is -4.49. The number of rotatable bonds is 10. The highest BCUT2D eigenvalue weighted by molar-refractivity contribution is 5.95. The molecule has 2 N–H and O–H groups in total. The van der Waals surface area contributed by atoms with Crippen molar-refractivity contribution in [1.29, 1.82) is 0 Å². The van der Waals surface area contributed by atoms with E-state index in [0.29, 0.717) is 29.0 Å². The summed E-state index contributed by atoms with van der Waals surface area (Å²) in [6.07, 6.45) is -3.51. The number of carbonyl (C=O) groups is 1. The number of methoxy groups -OCH3 is 2. The number of allylic oxidation sites excluding steroid dienone is 1. The van der Waals surface area contributed by atoms with Gasteiger partial charge < -0.3 is 24.6 Å². The molecule has 1 amide bonds. The summed E-state index contributed by atoms with van der Waals surface area (Å²) in [5, 5.41) is 12.6. The Labute approximate surface area is 178 Å². The van der Waals surface area contributed by atoms with Crippen LogP contribution < -0.4 is 19.5 Å². The molecular formula is C22H24F3NO5. The van der Waals surface area contributed by atoms with Gasteiger partial charge in [-0.1, -0.05) is 12.1 Å². The molecule has 0 aliphatic rings. The summed E-state index contributed by atoms with van der Waals surface area (Å²) in [6, 6.07) is 7.47. The number of benzene rings is 2. The molecule has 6 nitrogen and oxygen atoms in total. The van der Waals surface area contributed by atoms with Gasteiger partial charge in [0.05, 0.1) is 19.8 Å². The molecular weight excluding hydrogens is 415 g/mol. The predicted octanol–water partition coefficient (Wildman–Crippen LogP) is 3.62. The molecule has 0 aromatic heterocycles. The Morgan fingerprint density at radius 1 is 1.23 bits per heavy atom. The van der Waals surface area contributed by atoms with E-state index in [9.17, 15) is 23.1 Å². The summed E-state index contributed by atoms with van der Waals surface area (Å²) < 4.78 is 54.0. The number of ether oxygens (including phenoxy) is 3. The molecule has 2 rings (SSSR count). The Kier molecular flexibility index (Phi) is 8.32. The maximum absolute atomic E-state index is 12.7. The molecule has 0 aliphatic heterocycles. The molecule has 9 heteroatoms. The van der Waals surface area contributed by atoms with Crippen LogP contribution in [-0.4, -0.2) is 44.5 Å². The predicted molar refractivity (Wildman–Crippen MR) is 109 cm³/mol. The van der Waals surface area contributed by atoms with Crippen LogP contribution in [0.25, 0.3) is 0 Å². The Hall–Kier alpha value is -3.20. The lowest BCUT2D eigenvalue weighted by atomic mass is 10.0. The number of carbonyl (C=O) groups excluding carboxylic acids is 1. The fourth-order valence-electron chi connectivity index (χ4n) is 2.81. The van der Waals surface area contributed by atoms with Crippen molar-refractivity contribution in [2.75, 3.05) is 27.4 Å². The van der Waals surface area contributed by atoms with E-state index in [1.807, 2.05) is 0 Å². The van der Waals surface area contributed by atoms with Crippen LogP contribution in [0.2, 0.25) is 0 Å². The molecule has 1 unspecified atom stereocenters. The fourth-order valence-corrected chi connectivity index (χ4v) is 2.81. The maximum atomic E-state index is 12.7. The van der Waals surface area contributed by atoms with E-state index < -0.39 is 23.8 Å². The lowest BCUT2D eigenvalue weighted by Crippen LogP contribution is -2.35. The lowest BCUT2D eigenvalue weighted by molar-refractivity contribution is -0.137. The second-order valence-electron chi connectivity index (χ2n) is 6.56. The van der Waals surface area contributed by atoms with Gasteiger partial charge in [0.2, 0.25) is 0 Å². The molecule has 0 radical (unpaired) electrons. The number of hydrogen-bond donors (Lipinski definition) is 2. The van der Waals surface area contributed by atoms with Gasteiger partial charge in [-0.3, -0.25) is 4.79 Å². The van der Waals surface area contributed by atoms with Gasteiger partial charge in [-0.05, 0) is 36.8 Å². The van der Waals surface area contributed by atoms with E-state index in [1.54, 1.807) is 12.1 Å². The second-order valence-corrected chi connectivity index (χ2v) is 6.56. The third-order valence-corrected chi connectivity index (χ3v) is 4.28. The molecule has 2 aromatic carbocycles. The quantitative estimate of drug-likeness (QED) is 0.553. The number of aliphatic hydroxyl groups excluding tert-OH is 1. The SMILES string of the molecule is C=CCc1cc(C(=O)NCC(O)COc2cccc(C(F)(F)F)c2)cc(OC)c1OC. The Balaban J connectivity index is 1.98. The van der Waals surface area contributed by atoms with Crippen LogP contribution in [-0.2, 0) is 12.6 Å². The molecule has 31 heavy (non-hydrogen) atoms. The Morgan fingerprint density at radius 2 is 1.97 bits per heavy atom. The maximum Gasteiger partial charge on any atom is 0.416 e. The zero-order chi connectivity index (χ0) is 23.0. The topological polar surface area (TPSA) is 77.0 Å². The van der Waals surface area contributed by atoms with Gasteiger partial charge >= 0.3 is 6.18 Å². The van der Waals surface area contributed by atoms with Crippen molar-refractivity contribution in [2.24, 2.45) is 0 Å². The van der Waals surface area contributed by atoms with Crippen LogP contribution >= 0.6 is 0 Å². The zero-order valence-electron chi connectivity index (χ0n) is 17.2. The summed E-state index contributed by atoms with van der Waals surface area (Å²) in [4.78, 5) is 12.5. The van der Waals surface area contributed by atoms with Gasteiger partial charge in [-0.15, -0.1) is 6.58 Å². The molecule has 1 atom stereocenters. The van der Waals surface area contributed by atoms with Gasteiger partial charge in [0, 0.05) is 17.7 Å². The average molecular weight is 439 g/mol. The van der Waals surface area contributed by atoms with E-state index in [-0.39, 0.29) is 18.9 Å². The lowest BCUT2D eigenvalue weighted by Gasteiger charge is -2.16. The first-order chi connectivity index (χ1) is 14.7. The van der Waals surface area contributed by atoms with Gasteiger partial charge in [0.1, 0.15) is 18.5 Å². The van der Waals surface area contributed by atoms with Crippen molar-refractivity contribution >= 4 is 5.91 Å². The van der Waals surface area contributed by atoms with Crippen LogP contribution in [0.5, 0.6) is 17.2 Å². The van der Waals surface area contributed by atoms with E-state index in [4.69, 9.17) is 14.2 Å². The molecule has 0 bridgehead atoms. The van der Waals surface area contributed by atoms with Crippen molar-refractivity contribution < 1.29 is 37.3 Å². The summed E-state index contributed by atoms with van der Waals surface area (Å²) in [5.41, 5.74) is 0.146. The molecule has 0 heterocycles. The van der Waals surface area contributed by atoms with Crippen molar-refractivity contribution in [2.45, 2.75) is 18.7 Å². The summed E-state index contributed by atoms with van der Waals surface area (Å²) in [6.45, 7) is 3.22. The van der Waals surface area contributed by atoms with Crippen molar-refractivity contribution in [3.8, 4) is 17.2 Å². The highest BCUT2D eigenvalue weighted by Gasteiger charge is 2.30. The van der Waals surface area contributed by atoms with E-state index in [1.165, 1.54) is 32.4 Å². The summed E-state index contributed by atoms with van der Waals surface area (Å²) in [5.74, 6) is 0.368. The standard InChI is InChI=1S/C22H24F3NO5/c1-4-6-14-9-15(10-19(29-2)20(14)30-3)21(28)26-12-17(27)13-31-18-8-5-7-16(11-18)22(23,24)25/h4-5,7-11,17,27H,1,6,12-13H2,2-3H3,(H,26,28). The van der Waals surface area contributed by atoms with Gasteiger partial charge in [-0.25, -0.2) is 0 Å². The average Bonchev–Trinajstić information content (AvgIpc) is 2.75. The Bertz CT molecular complexity index is 915. The number of halogens is 3. The normalized spacial score (nSPS) is 12.1. The van der Waals surface area contributed by atoms with Crippen molar-refractivity contribution in [1.82, 2.24) is 5.32 Å². The van der Waals surface area contributed by atoms with Crippen LogP contribution in [0.4, 0.5) is 13.2 Å². The van der Waals surface area contributed by atoms with Crippen molar-refractivity contribution in [3.05, 3.63) is 65.7 Å². The molecule has 0 saturated carbocycles. The second kappa shape index (κ2) is 10.7. The smallest absolute Gasteiger partial charge is 0.416 e. The van der Waals surface area contributed by atoms with E-state index in [0.717, 1.165) is 12.1 Å². The summed E-state index contributed by atoms with van der Waals surface area (Å²) in [7, 11) is 2.94. The van der Waals surface area contributed by atoms with E-state index >= 15 is 0 Å². The first-order valence-electron chi connectivity index (χ1n) is 9.31. The fraction of sp³-hybridized carbons (Fsp3) is 0.318. The number of alkyl halides is 3. The monoisotopic (exact) mass is 439 g/mol. The minimum Gasteiger partial charge on any atom is -0.493 e. The van der Waals surface area contributed by atoms with Crippen molar-refractivity contribution in [3.63, 3.8) is 0 Å². The summed E-state index contributed by atoms with van der Waals surface area (Å²) >= 11 is 0. The number of nitrogens with one attached hydrogen (secondary N) is 1. The molecule has 0 aliphatic carbocycles. The molecule has 168 valence electrons. The Morgan fingerprint density at radius 3 is 2.58 bits per heavy atom. The van der Waals surface area contributed by atoms with E-state index in [2.05, 4.69) is 11.9 Å². The zero-order valence-corrected chi connectivity index (χ0v) is 17.2. The first kappa shape index (κ1) is 24.1. The highest BCUT2D eigenvalue weighted by atomic mass is 19.4. The number of aliphatic hydroxyl groups is 1. The van der Waals surface area contributed by atoms with Gasteiger partial charge in [0.25, 0.3) is 5.91 Å². The third kappa shape index (κ3) is 6.65. The number of amides is 1. The van der Waals surface area contributed by atoms with Crippen LogP contribution in [0.3, 0.4) is 0 Å². The third-order valence-electron chi connectivity index (χ3n) is 4.28. The van der Waals surface area contributed by atoms with Gasteiger partial charge in [0.15, 0.2) is 11.5 Å². The van der Waals surface area contributed by atoms with Gasteiger partial charge in [-0.2, -0.15) is 13.2 Å². The van der Waals surface area contributed by atoms with Crippen LogP contribution in [0.1, 0.15) is 21.5 Å². The first-order valence-corrected chi connectivity index (χ1v) is 9.31. The highest BCUT2D eigenvalue weighted by Crippen LogP contribution is 2.33. The minimum absolute atomic E-state index is 0.0332. The molecule has 0 spiro atoms. The molecule has 0 saturated heterocycles. The molecule has 0 fully saturated rings. The molecule has 2 aromatic rings. The van der Waals surface area contributed by atoms with Crippen LogP contribution in [0, 0.1) is 0 Å².